The Bertz CT molecular complexity index is 1030. The van der Waals surface area contributed by atoms with Crippen LogP contribution in [-0.2, 0) is 11.8 Å². The minimum atomic E-state index is -4.54. The molecule has 0 saturated carbocycles. The van der Waals surface area contributed by atoms with Crippen LogP contribution in [0.15, 0.2) is 78.9 Å². The van der Waals surface area contributed by atoms with Gasteiger partial charge in [0.25, 0.3) is 0 Å². The maximum absolute atomic E-state index is 13.3. The summed E-state index contributed by atoms with van der Waals surface area (Å²) in [6.07, 6.45) is -1.76. The molecule has 1 N–H and O–H groups in total. The van der Waals surface area contributed by atoms with Crippen molar-refractivity contribution in [3.05, 3.63) is 106 Å². The molecule has 36 heavy (non-hydrogen) atoms. The molecule has 2 nitrogen and oxygen atoms in total. The smallest absolute Gasteiger partial charge is 0.385 e. The zero-order valence-electron chi connectivity index (χ0n) is 20.9. The van der Waals surface area contributed by atoms with E-state index in [-0.39, 0.29) is 10.6 Å². The zero-order chi connectivity index (χ0) is 26.2. The highest BCUT2D eigenvalue weighted by atomic mass is 35.5. The number of rotatable bonds is 7. The molecule has 3 aromatic rings. The van der Waals surface area contributed by atoms with E-state index in [1.807, 2.05) is 26.0 Å². The van der Waals surface area contributed by atoms with E-state index >= 15 is 0 Å². The summed E-state index contributed by atoms with van der Waals surface area (Å²) in [5, 5.41) is 10.8. The van der Waals surface area contributed by atoms with Gasteiger partial charge in [0.15, 0.2) is 0 Å². The number of halogens is 4. The van der Waals surface area contributed by atoms with E-state index < -0.39 is 17.3 Å². The van der Waals surface area contributed by atoms with Gasteiger partial charge in [0.1, 0.15) is 0 Å². The molecular weight excluding hydrogens is 483 g/mol. The van der Waals surface area contributed by atoms with Gasteiger partial charge in [-0.25, -0.2) is 0 Å². The molecule has 0 unspecified atom stereocenters. The minimum absolute atomic E-state index is 0.289. The lowest BCUT2D eigenvalue weighted by Crippen LogP contribution is -2.43. The summed E-state index contributed by atoms with van der Waals surface area (Å²) >= 11 is 5.75. The van der Waals surface area contributed by atoms with Crippen LogP contribution in [0.5, 0.6) is 0 Å². The van der Waals surface area contributed by atoms with Crippen LogP contribution in [0, 0.1) is 0 Å². The highest BCUT2D eigenvalue weighted by Crippen LogP contribution is 2.40. The Balaban J connectivity index is 0.00000176. The van der Waals surface area contributed by atoms with E-state index in [2.05, 4.69) is 53.4 Å². The summed E-state index contributed by atoms with van der Waals surface area (Å²) in [5.74, 6) is 0.318. The van der Waals surface area contributed by atoms with Crippen molar-refractivity contribution < 1.29 is 18.3 Å². The Morgan fingerprint density at radius 2 is 1.42 bits per heavy atom. The predicted octanol–water partition coefficient (Wildman–Crippen LogP) is 8.28. The van der Waals surface area contributed by atoms with E-state index in [0.717, 1.165) is 25.5 Å². The second-order valence-electron chi connectivity index (χ2n) is 9.08. The van der Waals surface area contributed by atoms with E-state index in [4.69, 9.17) is 11.6 Å². The normalized spacial score (nSPS) is 15.9. The molecule has 0 spiro atoms. The van der Waals surface area contributed by atoms with Crippen LogP contribution in [0.1, 0.15) is 67.7 Å². The molecule has 1 saturated heterocycles. The summed E-state index contributed by atoms with van der Waals surface area (Å²) in [7, 11) is 0. The molecule has 4 rings (SSSR count). The quantitative estimate of drug-likeness (QED) is 0.341. The Kier molecular flexibility index (Phi) is 10.0. The first kappa shape index (κ1) is 28.2. The van der Waals surface area contributed by atoms with Gasteiger partial charge in [-0.3, -0.25) is 0 Å². The van der Waals surface area contributed by atoms with Gasteiger partial charge in [-0.05, 0) is 61.1 Å². The summed E-state index contributed by atoms with van der Waals surface area (Å²) in [6, 6.07) is 24.7. The van der Waals surface area contributed by atoms with Crippen LogP contribution in [0.3, 0.4) is 0 Å². The van der Waals surface area contributed by atoms with Crippen LogP contribution < -0.4 is 0 Å². The lowest BCUT2D eigenvalue weighted by Gasteiger charge is -2.39. The molecule has 0 amide bonds. The predicted molar refractivity (Wildman–Crippen MR) is 141 cm³/mol. The molecule has 0 aromatic heterocycles. The van der Waals surface area contributed by atoms with Crippen molar-refractivity contribution in [3.8, 4) is 0 Å². The van der Waals surface area contributed by atoms with Gasteiger partial charge >= 0.3 is 6.18 Å². The first-order valence-corrected chi connectivity index (χ1v) is 13.1. The third kappa shape index (κ3) is 7.12. The van der Waals surface area contributed by atoms with Gasteiger partial charge in [0.2, 0.25) is 0 Å². The Labute approximate surface area is 217 Å². The fourth-order valence-corrected chi connectivity index (χ4v) is 5.11. The number of likely N-dealkylation sites (tertiary alicyclic amines) is 1. The molecule has 1 heterocycles. The monoisotopic (exact) mass is 517 g/mol. The average Bonchev–Trinajstić information content (AvgIpc) is 2.89. The molecule has 0 bridgehead atoms. The summed E-state index contributed by atoms with van der Waals surface area (Å²) in [6.45, 7) is 6.17. The summed E-state index contributed by atoms with van der Waals surface area (Å²) in [4.78, 5) is 2.29. The number of piperidine rings is 1. The number of nitrogens with zero attached hydrogens (tertiary/aromatic N) is 1. The van der Waals surface area contributed by atoms with Crippen molar-refractivity contribution in [1.29, 1.82) is 0 Å². The van der Waals surface area contributed by atoms with Crippen LogP contribution in [-0.4, -0.2) is 29.6 Å². The van der Waals surface area contributed by atoms with Crippen molar-refractivity contribution in [2.75, 3.05) is 19.6 Å². The Hall–Kier alpha value is -2.34. The van der Waals surface area contributed by atoms with E-state index in [0.29, 0.717) is 31.8 Å². The second kappa shape index (κ2) is 12.8. The van der Waals surface area contributed by atoms with Gasteiger partial charge in [0, 0.05) is 19.0 Å². The fraction of sp³-hybridized carbons (Fsp3) is 0.400. The van der Waals surface area contributed by atoms with E-state index in [1.54, 1.807) is 0 Å². The lowest BCUT2D eigenvalue weighted by atomic mass is 9.83. The molecule has 1 fully saturated rings. The molecule has 1 aliphatic heterocycles. The van der Waals surface area contributed by atoms with Crippen molar-refractivity contribution in [3.63, 3.8) is 0 Å². The zero-order valence-corrected chi connectivity index (χ0v) is 21.7. The number of hydrogen-bond donors (Lipinski definition) is 1. The molecule has 0 radical (unpaired) electrons. The molecule has 0 atom stereocenters. The summed E-state index contributed by atoms with van der Waals surface area (Å²) in [5.41, 5.74) is 0.722. The largest absolute Gasteiger partial charge is 0.417 e. The van der Waals surface area contributed by atoms with Gasteiger partial charge in [0.05, 0.1) is 16.2 Å². The molecule has 1 aliphatic rings. The third-order valence-electron chi connectivity index (χ3n) is 6.86. The standard InChI is InChI=1S/C28H29ClF3NO.C2H6/c29-26-14-13-23(20-25(26)28(30,31)32)27(34)15-18-33(19-16-27)17-7-12-24(21-8-3-1-4-9-21)22-10-5-2-6-11-22;1-2/h1-6,8-11,13-14,20,24,34H,7,12,15-19H2;1-2H3. The van der Waals surface area contributed by atoms with Gasteiger partial charge in [-0.2, -0.15) is 13.2 Å². The van der Waals surface area contributed by atoms with Crippen LogP contribution in [0.25, 0.3) is 0 Å². The van der Waals surface area contributed by atoms with Gasteiger partial charge < -0.3 is 10.0 Å². The number of alkyl halides is 3. The molecular formula is C30H35ClF3NO. The van der Waals surface area contributed by atoms with Crippen molar-refractivity contribution >= 4 is 11.6 Å². The number of aliphatic hydroxyl groups is 1. The fourth-order valence-electron chi connectivity index (χ4n) is 4.88. The topological polar surface area (TPSA) is 23.5 Å². The SMILES string of the molecule is CC.OC1(c2ccc(Cl)c(C(F)(F)F)c2)CCN(CCCC(c2ccccc2)c2ccccc2)CC1. The summed E-state index contributed by atoms with van der Waals surface area (Å²) < 4.78 is 39.8. The van der Waals surface area contributed by atoms with Gasteiger partial charge in [-0.1, -0.05) is 92.2 Å². The third-order valence-corrected chi connectivity index (χ3v) is 7.19. The number of hydrogen-bond acceptors (Lipinski definition) is 2. The Morgan fingerprint density at radius 1 is 0.889 bits per heavy atom. The van der Waals surface area contributed by atoms with Crippen LogP contribution in [0.4, 0.5) is 13.2 Å². The molecule has 3 aromatic carbocycles. The maximum atomic E-state index is 13.3. The van der Waals surface area contributed by atoms with Crippen LogP contribution in [0.2, 0.25) is 5.02 Å². The highest BCUT2D eigenvalue weighted by molar-refractivity contribution is 6.31. The van der Waals surface area contributed by atoms with Crippen molar-refractivity contribution in [2.45, 2.75) is 57.2 Å². The van der Waals surface area contributed by atoms with Crippen LogP contribution >= 0.6 is 11.6 Å². The molecule has 0 aliphatic carbocycles. The van der Waals surface area contributed by atoms with E-state index in [9.17, 15) is 18.3 Å². The first-order chi connectivity index (χ1) is 17.3. The van der Waals surface area contributed by atoms with Crippen molar-refractivity contribution in [2.24, 2.45) is 0 Å². The van der Waals surface area contributed by atoms with Crippen molar-refractivity contribution in [1.82, 2.24) is 4.90 Å². The van der Waals surface area contributed by atoms with Gasteiger partial charge in [-0.15, -0.1) is 0 Å². The highest BCUT2D eigenvalue weighted by Gasteiger charge is 2.38. The lowest BCUT2D eigenvalue weighted by molar-refractivity contribution is -0.137. The molecule has 6 heteroatoms. The average molecular weight is 518 g/mol. The molecule has 194 valence electrons. The first-order valence-electron chi connectivity index (χ1n) is 12.7. The maximum Gasteiger partial charge on any atom is 0.417 e. The Morgan fingerprint density at radius 3 is 1.92 bits per heavy atom. The minimum Gasteiger partial charge on any atom is -0.385 e. The number of benzene rings is 3. The second-order valence-corrected chi connectivity index (χ2v) is 9.49. The van der Waals surface area contributed by atoms with E-state index in [1.165, 1.54) is 23.3 Å².